The molecule has 5 nitrogen and oxygen atoms in total. The lowest BCUT2D eigenvalue weighted by molar-refractivity contribution is -0.137. The molecule has 0 unspecified atom stereocenters. The zero-order chi connectivity index (χ0) is 21.6. The quantitative estimate of drug-likeness (QED) is 0.404. The van der Waals surface area contributed by atoms with E-state index in [1.165, 1.54) is 12.3 Å². The molecule has 4 N–H and O–H groups in total. The van der Waals surface area contributed by atoms with E-state index in [0.717, 1.165) is 49.2 Å². The van der Waals surface area contributed by atoms with Gasteiger partial charge in [0.1, 0.15) is 0 Å². The van der Waals surface area contributed by atoms with Gasteiger partial charge < -0.3 is 10.7 Å². The van der Waals surface area contributed by atoms with Crippen LogP contribution in [-0.4, -0.2) is 22.8 Å². The fourth-order valence-electron chi connectivity index (χ4n) is 3.67. The van der Waals surface area contributed by atoms with E-state index >= 15 is 0 Å². The van der Waals surface area contributed by atoms with Gasteiger partial charge in [-0.2, -0.15) is 13.2 Å². The highest BCUT2D eigenvalue weighted by molar-refractivity contribution is 5.65. The number of benzene rings is 1. The fourth-order valence-corrected chi connectivity index (χ4v) is 3.67. The van der Waals surface area contributed by atoms with Crippen molar-refractivity contribution in [1.82, 2.24) is 9.99 Å². The first-order chi connectivity index (χ1) is 14.4. The third-order valence-corrected chi connectivity index (χ3v) is 5.38. The Morgan fingerprint density at radius 2 is 1.80 bits per heavy atom. The molecule has 30 heavy (non-hydrogen) atoms. The van der Waals surface area contributed by atoms with Gasteiger partial charge in [-0.1, -0.05) is 30.3 Å². The highest BCUT2D eigenvalue weighted by atomic mass is 19.4. The van der Waals surface area contributed by atoms with E-state index in [2.05, 4.69) is 9.98 Å². The SMILES string of the molecule is N/C=C(/c1ccccc1)N(N)CC1CCC(C=Nc2ccc(C(F)(F)F)cn2)CC1. The van der Waals surface area contributed by atoms with Gasteiger partial charge in [-0.05, 0) is 49.7 Å². The van der Waals surface area contributed by atoms with Gasteiger partial charge in [-0.15, -0.1) is 0 Å². The predicted octanol–water partition coefficient (Wildman–Crippen LogP) is 4.74. The van der Waals surface area contributed by atoms with Gasteiger partial charge >= 0.3 is 6.18 Å². The molecule has 3 rings (SSSR count). The molecule has 1 aliphatic rings. The van der Waals surface area contributed by atoms with Crippen LogP contribution in [-0.2, 0) is 6.18 Å². The van der Waals surface area contributed by atoms with Crippen LogP contribution in [0.3, 0.4) is 0 Å². The predicted molar refractivity (Wildman–Crippen MR) is 112 cm³/mol. The first-order valence-electron chi connectivity index (χ1n) is 9.94. The minimum atomic E-state index is -4.38. The van der Waals surface area contributed by atoms with Crippen LogP contribution >= 0.6 is 0 Å². The molecule has 1 fully saturated rings. The average molecular weight is 417 g/mol. The number of hydrogen-bond acceptors (Lipinski definition) is 5. The number of aliphatic imine (C=N–C) groups is 1. The summed E-state index contributed by atoms with van der Waals surface area (Å²) in [4.78, 5) is 8.04. The third kappa shape index (κ3) is 5.82. The van der Waals surface area contributed by atoms with Gasteiger partial charge in [0.25, 0.3) is 0 Å². The summed E-state index contributed by atoms with van der Waals surface area (Å²) < 4.78 is 37.8. The van der Waals surface area contributed by atoms with Crippen LogP contribution in [0.5, 0.6) is 0 Å². The van der Waals surface area contributed by atoms with Crippen LogP contribution in [0.25, 0.3) is 5.70 Å². The number of hydrogen-bond donors (Lipinski definition) is 2. The second-order valence-electron chi connectivity index (χ2n) is 7.53. The summed E-state index contributed by atoms with van der Waals surface area (Å²) >= 11 is 0. The van der Waals surface area contributed by atoms with Crippen LogP contribution in [0.2, 0.25) is 0 Å². The molecule has 8 heteroatoms. The van der Waals surface area contributed by atoms with Crippen molar-refractivity contribution in [3.63, 3.8) is 0 Å². The van der Waals surface area contributed by atoms with Crippen molar-refractivity contribution in [2.24, 2.45) is 28.4 Å². The lowest BCUT2D eigenvalue weighted by atomic mass is 9.82. The molecule has 1 aromatic carbocycles. The molecule has 0 spiro atoms. The molecule has 0 radical (unpaired) electrons. The Balaban J connectivity index is 1.49. The Kier molecular flexibility index (Phi) is 7.10. The summed E-state index contributed by atoms with van der Waals surface area (Å²) in [5, 5.41) is 1.71. The Morgan fingerprint density at radius 1 is 1.10 bits per heavy atom. The topological polar surface area (TPSA) is 80.5 Å². The minimum absolute atomic E-state index is 0.287. The lowest BCUT2D eigenvalue weighted by Gasteiger charge is -2.31. The highest BCUT2D eigenvalue weighted by Crippen LogP contribution is 2.31. The maximum Gasteiger partial charge on any atom is 0.417 e. The zero-order valence-electron chi connectivity index (χ0n) is 16.6. The molecule has 2 aromatic rings. The van der Waals surface area contributed by atoms with Gasteiger partial charge in [0.05, 0.1) is 11.3 Å². The van der Waals surface area contributed by atoms with Gasteiger partial charge in [0.15, 0.2) is 5.82 Å². The fraction of sp³-hybridized carbons (Fsp3) is 0.364. The Labute approximate surface area is 174 Å². The normalized spacial score (nSPS) is 20.5. The largest absolute Gasteiger partial charge is 0.417 e. The minimum Gasteiger partial charge on any atom is -0.403 e. The molecule has 160 valence electrons. The van der Waals surface area contributed by atoms with Crippen LogP contribution in [0.1, 0.15) is 36.8 Å². The van der Waals surface area contributed by atoms with Crippen molar-refractivity contribution in [2.45, 2.75) is 31.9 Å². The van der Waals surface area contributed by atoms with Crippen molar-refractivity contribution in [1.29, 1.82) is 0 Å². The second-order valence-corrected chi connectivity index (χ2v) is 7.53. The third-order valence-electron chi connectivity index (χ3n) is 5.38. The molecule has 0 bridgehead atoms. The van der Waals surface area contributed by atoms with Crippen LogP contribution in [0, 0.1) is 11.8 Å². The molecular formula is C22H26F3N5. The van der Waals surface area contributed by atoms with Crippen molar-refractivity contribution in [3.8, 4) is 0 Å². The molecule has 0 saturated heterocycles. The van der Waals surface area contributed by atoms with E-state index in [-0.39, 0.29) is 5.92 Å². The van der Waals surface area contributed by atoms with E-state index in [0.29, 0.717) is 18.3 Å². The second kappa shape index (κ2) is 9.75. The van der Waals surface area contributed by atoms with E-state index < -0.39 is 11.7 Å². The van der Waals surface area contributed by atoms with Crippen LogP contribution in [0.4, 0.5) is 19.0 Å². The Hall–Kier alpha value is -2.87. The number of pyridine rings is 1. The monoisotopic (exact) mass is 417 g/mol. The molecule has 1 aliphatic carbocycles. The van der Waals surface area contributed by atoms with Gasteiger partial charge in [-0.3, -0.25) is 0 Å². The summed E-state index contributed by atoms with van der Waals surface area (Å²) in [6, 6.07) is 12.1. The van der Waals surface area contributed by atoms with E-state index in [4.69, 9.17) is 11.6 Å². The van der Waals surface area contributed by atoms with Gasteiger partial charge in [0.2, 0.25) is 0 Å². The first kappa shape index (κ1) is 21.8. The molecular weight excluding hydrogens is 391 g/mol. The van der Waals surface area contributed by atoms with Gasteiger partial charge in [0, 0.05) is 30.7 Å². The van der Waals surface area contributed by atoms with Crippen molar-refractivity contribution in [2.75, 3.05) is 6.54 Å². The lowest BCUT2D eigenvalue weighted by Crippen LogP contribution is -2.36. The van der Waals surface area contributed by atoms with Crippen molar-refractivity contribution in [3.05, 3.63) is 66.0 Å². The summed E-state index contributed by atoms with van der Waals surface area (Å²) in [5.41, 5.74) is 6.80. The number of halogens is 3. The summed E-state index contributed by atoms with van der Waals surface area (Å²) in [7, 11) is 0. The van der Waals surface area contributed by atoms with Crippen molar-refractivity contribution < 1.29 is 13.2 Å². The van der Waals surface area contributed by atoms with Crippen LogP contribution in [0.15, 0.2) is 59.9 Å². The molecule has 1 aromatic heterocycles. The van der Waals surface area contributed by atoms with Crippen LogP contribution < -0.4 is 11.6 Å². The summed E-state index contributed by atoms with van der Waals surface area (Å²) in [6.07, 6.45) is 3.67. The molecule has 1 saturated carbocycles. The summed E-state index contributed by atoms with van der Waals surface area (Å²) in [5.74, 6) is 7.30. The molecule has 0 aliphatic heterocycles. The maximum atomic E-state index is 12.6. The van der Waals surface area contributed by atoms with E-state index in [1.807, 2.05) is 30.3 Å². The number of aromatic nitrogens is 1. The van der Waals surface area contributed by atoms with E-state index in [1.54, 1.807) is 11.2 Å². The molecule has 1 heterocycles. The average Bonchev–Trinajstić information content (AvgIpc) is 2.74. The molecule has 0 amide bonds. The molecule has 0 atom stereocenters. The first-order valence-corrected chi connectivity index (χ1v) is 9.94. The zero-order valence-corrected chi connectivity index (χ0v) is 16.6. The number of alkyl halides is 3. The smallest absolute Gasteiger partial charge is 0.403 e. The number of nitrogens with zero attached hydrogens (tertiary/aromatic N) is 3. The van der Waals surface area contributed by atoms with Crippen molar-refractivity contribution >= 4 is 17.7 Å². The Morgan fingerprint density at radius 3 is 2.37 bits per heavy atom. The number of nitrogens with two attached hydrogens (primary N) is 2. The summed E-state index contributed by atoms with van der Waals surface area (Å²) in [6.45, 7) is 0.711. The Bertz CT molecular complexity index is 855. The van der Waals surface area contributed by atoms with Gasteiger partial charge in [-0.25, -0.2) is 15.8 Å². The maximum absolute atomic E-state index is 12.6. The standard InChI is InChI=1S/C22H26F3N5/c23-22(24,25)19-10-11-21(29-14-19)28-13-16-6-8-17(9-7-16)15-30(27)20(12-26)18-4-2-1-3-5-18/h1-5,10-14,16-17H,6-9,15,26-27H2/b20-12-,28-13?. The number of hydrazine groups is 1. The van der Waals surface area contributed by atoms with E-state index in [9.17, 15) is 13.2 Å². The highest BCUT2D eigenvalue weighted by Gasteiger charge is 2.30. The number of rotatable bonds is 6.